The van der Waals surface area contributed by atoms with Crippen LogP contribution in [0.3, 0.4) is 0 Å². The highest BCUT2D eigenvalue weighted by Gasteiger charge is 2.27. The Morgan fingerprint density at radius 2 is 1.73 bits per heavy atom. The molecule has 128 valence electrons. The summed E-state index contributed by atoms with van der Waals surface area (Å²) in [4.78, 5) is 25.8. The Balaban J connectivity index is 2.49. The summed E-state index contributed by atoms with van der Waals surface area (Å²) in [5.41, 5.74) is 0. The Labute approximate surface area is 134 Å². The Hall–Kier alpha value is -1.14. The molecule has 0 aliphatic carbocycles. The molecular formula is C16H31N3O3. The van der Waals surface area contributed by atoms with E-state index >= 15 is 0 Å². The maximum atomic E-state index is 12.3. The zero-order chi connectivity index (χ0) is 16.9. The number of carbonyl (C=O) groups is 2. The second-order valence-electron chi connectivity index (χ2n) is 6.73. The third-order valence-electron chi connectivity index (χ3n) is 3.95. The minimum atomic E-state index is -0.479. The van der Waals surface area contributed by atoms with Crippen LogP contribution in [0.4, 0.5) is 0 Å². The number of rotatable bonds is 6. The standard InChI is InChI=1S/C16H31N3O3/c1-10(2)15(18-14(6)20)16(21)17-7-11(3)19-8-12(4)22-13(5)9-19/h10-13,15H,7-9H2,1-6H3,(H,17,21)(H,18,20)/t11-,12-,13+,15+/m1/s1. The zero-order valence-corrected chi connectivity index (χ0v) is 14.7. The fourth-order valence-electron chi connectivity index (χ4n) is 2.82. The van der Waals surface area contributed by atoms with Crippen LogP contribution in [0.15, 0.2) is 0 Å². The Morgan fingerprint density at radius 1 is 1.18 bits per heavy atom. The second-order valence-corrected chi connectivity index (χ2v) is 6.73. The quantitative estimate of drug-likeness (QED) is 0.759. The van der Waals surface area contributed by atoms with Gasteiger partial charge in [0.05, 0.1) is 12.2 Å². The van der Waals surface area contributed by atoms with Crippen molar-refractivity contribution < 1.29 is 14.3 Å². The number of nitrogens with zero attached hydrogens (tertiary/aromatic N) is 1. The van der Waals surface area contributed by atoms with Crippen molar-refractivity contribution in [3.05, 3.63) is 0 Å². The van der Waals surface area contributed by atoms with Gasteiger partial charge in [0.15, 0.2) is 0 Å². The molecule has 0 aromatic rings. The van der Waals surface area contributed by atoms with Crippen LogP contribution in [-0.4, -0.2) is 60.6 Å². The van der Waals surface area contributed by atoms with Crippen molar-refractivity contribution in [1.82, 2.24) is 15.5 Å². The lowest BCUT2D eigenvalue weighted by Crippen LogP contribution is -2.55. The van der Waals surface area contributed by atoms with Crippen molar-refractivity contribution in [2.45, 2.75) is 65.8 Å². The van der Waals surface area contributed by atoms with E-state index < -0.39 is 6.04 Å². The Bertz CT molecular complexity index is 377. The van der Waals surface area contributed by atoms with Gasteiger partial charge in [-0.1, -0.05) is 13.8 Å². The lowest BCUT2D eigenvalue weighted by molar-refractivity contribution is -0.129. The fourth-order valence-corrected chi connectivity index (χ4v) is 2.82. The van der Waals surface area contributed by atoms with E-state index in [0.717, 1.165) is 13.1 Å². The number of nitrogens with one attached hydrogen (secondary N) is 2. The summed E-state index contributed by atoms with van der Waals surface area (Å²) in [6, 6.07) is -0.241. The van der Waals surface area contributed by atoms with Crippen LogP contribution < -0.4 is 10.6 Å². The first-order valence-corrected chi connectivity index (χ1v) is 8.15. The molecule has 0 spiro atoms. The highest BCUT2D eigenvalue weighted by molar-refractivity contribution is 5.87. The average molecular weight is 313 g/mol. The zero-order valence-electron chi connectivity index (χ0n) is 14.7. The smallest absolute Gasteiger partial charge is 0.242 e. The van der Waals surface area contributed by atoms with Gasteiger partial charge in [-0.05, 0) is 26.7 Å². The van der Waals surface area contributed by atoms with Crippen molar-refractivity contribution in [2.24, 2.45) is 5.92 Å². The topological polar surface area (TPSA) is 70.7 Å². The first-order chi connectivity index (χ1) is 10.2. The van der Waals surface area contributed by atoms with Gasteiger partial charge in [0.25, 0.3) is 0 Å². The Morgan fingerprint density at radius 3 is 2.18 bits per heavy atom. The van der Waals surface area contributed by atoms with E-state index in [1.807, 2.05) is 13.8 Å². The molecule has 0 bridgehead atoms. The molecule has 0 radical (unpaired) electrons. The van der Waals surface area contributed by atoms with Gasteiger partial charge in [0, 0.05) is 32.6 Å². The second kappa shape index (κ2) is 8.48. The Kier molecular flexibility index (Phi) is 7.29. The molecule has 6 nitrogen and oxygen atoms in total. The van der Waals surface area contributed by atoms with Crippen molar-refractivity contribution in [3.8, 4) is 0 Å². The van der Waals surface area contributed by atoms with Crippen LogP contribution in [-0.2, 0) is 14.3 Å². The molecule has 2 amide bonds. The molecule has 1 rings (SSSR count). The van der Waals surface area contributed by atoms with Gasteiger partial charge in [-0.3, -0.25) is 14.5 Å². The minimum absolute atomic E-state index is 0.0580. The monoisotopic (exact) mass is 313 g/mol. The molecule has 0 aromatic carbocycles. The van der Waals surface area contributed by atoms with E-state index in [-0.39, 0.29) is 36.0 Å². The average Bonchev–Trinajstić information content (AvgIpc) is 2.40. The lowest BCUT2D eigenvalue weighted by atomic mass is 10.0. The molecule has 1 aliphatic rings. The van der Waals surface area contributed by atoms with Crippen LogP contribution >= 0.6 is 0 Å². The maximum absolute atomic E-state index is 12.3. The summed E-state index contributed by atoms with van der Waals surface area (Å²) >= 11 is 0. The number of ether oxygens (including phenoxy) is 1. The largest absolute Gasteiger partial charge is 0.373 e. The van der Waals surface area contributed by atoms with Crippen molar-refractivity contribution in [3.63, 3.8) is 0 Å². The van der Waals surface area contributed by atoms with E-state index in [1.54, 1.807) is 0 Å². The van der Waals surface area contributed by atoms with Crippen molar-refractivity contribution in [1.29, 1.82) is 0 Å². The molecule has 6 heteroatoms. The van der Waals surface area contributed by atoms with E-state index in [0.29, 0.717) is 6.54 Å². The molecule has 22 heavy (non-hydrogen) atoms. The van der Waals surface area contributed by atoms with Gasteiger partial charge in [-0.2, -0.15) is 0 Å². The van der Waals surface area contributed by atoms with Crippen LogP contribution in [0.1, 0.15) is 41.5 Å². The van der Waals surface area contributed by atoms with Gasteiger partial charge in [0.2, 0.25) is 11.8 Å². The van der Waals surface area contributed by atoms with Gasteiger partial charge >= 0.3 is 0 Å². The molecule has 1 heterocycles. The van der Waals surface area contributed by atoms with Gasteiger partial charge < -0.3 is 15.4 Å². The molecule has 1 aliphatic heterocycles. The van der Waals surface area contributed by atoms with E-state index in [9.17, 15) is 9.59 Å². The molecule has 0 saturated carbocycles. The van der Waals surface area contributed by atoms with Crippen LogP contribution in [0, 0.1) is 5.92 Å². The summed E-state index contributed by atoms with van der Waals surface area (Å²) < 4.78 is 5.73. The maximum Gasteiger partial charge on any atom is 0.242 e. The lowest BCUT2D eigenvalue weighted by Gasteiger charge is -2.39. The van der Waals surface area contributed by atoms with E-state index in [1.165, 1.54) is 6.92 Å². The first kappa shape index (κ1) is 18.9. The summed E-state index contributed by atoms with van der Waals surface area (Å²) in [5.74, 6) is -0.244. The third-order valence-corrected chi connectivity index (χ3v) is 3.95. The van der Waals surface area contributed by atoms with E-state index in [2.05, 4.69) is 36.3 Å². The summed E-state index contributed by atoms with van der Waals surface area (Å²) in [5, 5.41) is 5.67. The molecule has 0 aromatic heterocycles. The summed E-state index contributed by atoms with van der Waals surface area (Å²) in [6.45, 7) is 13.8. The number of hydrogen-bond acceptors (Lipinski definition) is 4. The highest BCUT2D eigenvalue weighted by atomic mass is 16.5. The van der Waals surface area contributed by atoms with Crippen LogP contribution in [0.5, 0.6) is 0 Å². The number of morpholine rings is 1. The fraction of sp³-hybridized carbons (Fsp3) is 0.875. The van der Waals surface area contributed by atoms with Crippen LogP contribution in [0.25, 0.3) is 0 Å². The van der Waals surface area contributed by atoms with Gasteiger partial charge in [-0.25, -0.2) is 0 Å². The minimum Gasteiger partial charge on any atom is -0.373 e. The predicted octanol–water partition coefficient (Wildman–Crippen LogP) is 0.761. The van der Waals surface area contributed by atoms with Gasteiger partial charge in [-0.15, -0.1) is 0 Å². The number of amides is 2. The molecule has 0 unspecified atom stereocenters. The molecule has 2 N–H and O–H groups in total. The normalized spacial score (nSPS) is 25.6. The number of hydrogen-bond donors (Lipinski definition) is 2. The van der Waals surface area contributed by atoms with E-state index in [4.69, 9.17) is 4.74 Å². The van der Waals surface area contributed by atoms with Crippen molar-refractivity contribution >= 4 is 11.8 Å². The SMILES string of the molecule is CC(=O)N[C@H](C(=O)NC[C@@H](C)N1C[C@@H](C)O[C@@H](C)C1)C(C)C. The van der Waals surface area contributed by atoms with Crippen molar-refractivity contribution in [2.75, 3.05) is 19.6 Å². The molecule has 4 atom stereocenters. The summed E-state index contributed by atoms with van der Waals surface area (Å²) in [6.07, 6.45) is 0.425. The molecule has 1 saturated heterocycles. The number of carbonyl (C=O) groups excluding carboxylic acids is 2. The molecule has 1 fully saturated rings. The summed E-state index contributed by atoms with van der Waals surface area (Å²) in [7, 11) is 0. The van der Waals surface area contributed by atoms with Crippen LogP contribution in [0.2, 0.25) is 0 Å². The van der Waals surface area contributed by atoms with Gasteiger partial charge in [0.1, 0.15) is 6.04 Å². The highest BCUT2D eigenvalue weighted by Crippen LogP contribution is 2.13. The molecular weight excluding hydrogens is 282 g/mol. The predicted molar refractivity (Wildman–Crippen MR) is 86.5 cm³/mol. The third kappa shape index (κ3) is 5.93. The first-order valence-electron chi connectivity index (χ1n) is 8.15.